The smallest absolute Gasteiger partial charge is 0.354 e. The summed E-state index contributed by atoms with van der Waals surface area (Å²) in [5.41, 5.74) is 1.63. The molecular formula is C10H13NO4. The largest absolute Gasteiger partial charge is 0.477 e. The van der Waals surface area contributed by atoms with Gasteiger partial charge in [0.05, 0.1) is 7.11 Å². The molecule has 15 heavy (non-hydrogen) atoms. The third-order valence-corrected chi connectivity index (χ3v) is 2.53. The first-order valence-electron chi connectivity index (χ1n) is 4.39. The van der Waals surface area contributed by atoms with Crippen molar-refractivity contribution in [3.05, 3.63) is 22.5 Å². The maximum Gasteiger partial charge on any atom is 0.354 e. The number of hydrogen-bond donors (Lipinski definition) is 1. The summed E-state index contributed by atoms with van der Waals surface area (Å²) in [6.07, 6.45) is 0. The molecule has 1 aromatic rings. The molecule has 0 aromatic carbocycles. The minimum Gasteiger partial charge on any atom is -0.477 e. The fourth-order valence-electron chi connectivity index (χ4n) is 1.66. The summed E-state index contributed by atoms with van der Waals surface area (Å²) in [6, 6.07) is 0. The number of esters is 1. The van der Waals surface area contributed by atoms with Crippen molar-refractivity contribution < 1.29 is 19.4 Å². The molecule has 1 N–H and O–H groups in total. The van der Waals surface area contributed by atoms with Crippen LogP contribution in [0.25, 0.3) is 0 Å². The summed E-state index contributed by atoms with van der Waals surface area (Å²) in [5, 5.41) is 8.97. The Morgan fingerprint density at radius 3 is 2.00 bits per heavy atom. The summed E-state index contributed by atoms with van der Waals surface area (Å²) in [6.45, 7) is 3.37. The number of rotatable bonds is 2. The van der Waals surface area contributed by atoms with Crippen LogP contribution in [0.1, 0.15) is 32.1 Å². The normalized spacial score (nSPS) is 10.1. The Balaban J connectivity index is 3.49. The molecule has 82 valence electrons. The van der Waals surface area contributed by atoms with Crippen LogP contribution in [0.3, 0.4) is 0 Å². The average molecular weight is 211 g/mol. The number of hydrogen-bond acceptors (Lipinski definition) is 3. The van der Waals surface area contributed by atoms with E-state index in [4.69, 9.17) is 5.11 Å². The predicted octanol–water partition coefficient (Wildman–Crippen LogP) is 1.13. The van der Waals surface area contributed by atoms with Gasteiger partial charge in [0, 0.05) is 7.05 Å². The van der Waals surface area contributed by atoms with E-state index in [2.05, 4.69) is 4.74 Å². The van der Waals surface area contributed by atoms with Crippen molar-refractivity contribution in [1.82, 2.24) is 4.57 Å². The zero-order valence-corrected chi connectivity index (χ0v) is 9.12. The molecule has 0 bridgehead atoms. The Morgan fingerprint density at radius 1 is 1.20 bits per heavy atom. The predicted molar refractivity (Wildman–Crippen MR) is 53.2 cm³/mol. The number of carboxylic acid groups (broad SMARTS) is 1. The van der Waals surface area contributed by atoms with E-state index in [0.29, 0.717) is 11.1 Å². The van der Waals surface area contributed by atoms with Gasteiger partial charge >= 0.3 is 11.9 Å². The molecule has 0 amide bonds. The second-order valence-corrected chi connectivity index (χ2v) is 3.30. The number of ether oxygens (including phenoxy) is 1. The highest BCUT2D eigenvalue weighted by Crippen LogP contribution is 2.21. The topological polar surface area (TPSA) is 68.5 Å². The first kappa shape index (κ1) is 11.3. The summed E-state index contributed by atoms with van der Waals surface area (Å²) in [4.78, 5) is 22.4. The third kappa shape index (κ3) is 1.60. The lowest BCUT2D eigenvalue weighted by Crippen LogP contribution is -2.12. The highest BCUT2D eigenvalue weighted by molar-refractivity contribution is 5.95. The van der Waals surface area contributed by atoms with E-state index in [-0.39, 0.29) is 11.4 Å². The second-order valence-electron chi connectivity index (χ2n) is 3.30. The summed E-state index contributed by atoms with van der Waals surface area (Å²) < 4.78 is 5.94. The van der Waals surface area contributed by atoms with Crippen LogP contribution in [0.15, 0.2) is 0 Å². The van der Waals surface area contributed by atoms with Crippen LogP contribution in [-0.2, 0) is 11.8 Å². The molecule has 1 aromatic heterocycles. The van der Waals surface area contributed by atoms with Crippen LogP contribution < -0.4 is 0 Å². The number of methoxy groups -OCH3 is 1. The third-order valence-electron chi connectivity index (χ3n) is 2.53. The zero-order chi connectivity index (χ0) is 11.7. The fraction of sp³-hybridized carbons (Fsp3) is 0.400. The van der Waals surface area contributed by atoms with Crippen molar-refractivity contribution in [2.75, 3.05) is 7.11 Å². The maximum atomic E-state index is 11.4. The van der Waals surface area contributed by atoms with Gasteiger partial charge < -0.3 is 14.4 Å². The van der Waals surface area contributed by atoms with E-state index in [1.807, 2.05) is 0 Å². The van der Waals surface area contributed by atoms with Gasteiger partial charge in [-0.05, 0) is 25.0 Å². The van der Waals surface area contributed by atoms with Gasteiger partial charge in [0.15, 0.2) is 0 Å². The molecule has 0 saturated carbocycles. The number of nitrogens with zero attached hydrogens (tertiary/aromatic N) is 1. The minimum atomic E-state index is -1.05. The Bertz CT molecular complexity index is 431. The lowest BCUT2D eigenvalue weighted by Gasteiger charge is -2.03. The standard InChI is InChI=1S/C10H13NO4/c1-5-6(2)8(10(14)15-4)11(3)7(5)9(12)13/h1-4H3,(H,12,13). The van der Waals surface area contributed by atoms with Gasteiger partial charge in [0.2, 0.25) is 0 Å². The molecule has 0 aliphatic heterocycles. The van der Waals surface area contributed by atoms with Crippen molar-refractivity contribution in [1.29, 1.82) is 0 Å². The molecule has 0 aliphatic rings. The van der Waals surface area contributed by atoms with Crippen molar-refractivity contribution in [3.8, 4) is 0 Å². The van der Waals surface area contributed by atoms with Crippen LogP contribution in [0.5, 0.6) is 0 Å². The molecule has 5 heteroatoms. The van der Waals surface area contributed by atoms with Crippen LogP contribution in [0.4, 0.5) is 0 Å². The van der Waals surface area contributed by atoms with Gasteiger partial charge in [0.25, 0.3) is 0 Å². The van der Waals surface area contributed by atoms with Gasteiger partial charge in [-0.15, -0.1) is 0 Å². The van der Waals surface area contributed by atoms with Gasteiger partial charge in [-0.3, -0.25) is 0 Å². The van der Waals surface area contributed by atoms with Crippen LogP contribution >= 0.6 is 0 Å². The Kier molecular flexibility index (Phi) is 2.83. The first-order chi connectivity index (χ1) is 6.91. The van der Waals surface area contributed by atoms with E-state index in [9.17, 15) is 9.59 Å². The zero-order valence-electron chi connectivity index (χ0n) is 9.12. The van der Waals surface area contributed by atoms with Crippen molar-refractivity contribution >= 4 is 11.9 Å². The van der Waals surface area contributed by atoms with Gasteiger partial charge in [-0.1, -0.05) is 0 Å². The number of carbonyl (C=O) groups is 2. The fourth-order valence-corrected chi connectivity index (χ4v) is 1.66. The molecule has 1 heterocycles. The Hall–Kier alpha value is -1.78. The van der Waals surface area contributed by atoms with Crippen molar-refractivity contribution in [2.24, 2.45) is 7.05 Å². The van der Waals surface area contributed by atoms with E-state index in [1.165, 1.54) is 18.7 Å². The van der Waals surface area contributed by atoms with E-state index >= 15 is 0 Å². The van der Waals surface area contributed by atoms with E-state index in [0.717, 1.165) is 0 Å². The molecule has 0 unspecified atom stereocenters. The summed E-state index contributed by atoms with van der Waals surface area (Å²) in [5.74, 6) is -1.57. The molecule has 1 rings (SSSR count). The molecule has 0 saturated heterocycles. The summed E-state index contributed by atoms with van der Waals surface area (Å²) >= 11 is 0. The van der Waals surface area contributed by atoms with Crippen molar-refractivity contribution in [3.63, 3.8) is 0 Å². The quantitative estimate of drug-likeness (QED) is 0.744. The monoisotopic (exact) mass is 211 g/mol. The molecule has 5 nitrogen and oxygen atoms in total. The van der Waals surface area contributed by atoms with Gasteiger partial charge in [0.1, 0.15) is 11.4 Å². The molecule has 0 atom stereocenters. The Morgan fingerprint density at radius 2 is 1.67 bits per heavy atom. The number of carbonyl (C=O) groups excluding carboxylic acids is 1. The van der Waals surface area contributed by atoms with Crippen LogP contribution in [-0.4, -0.2) is 28.7 Å². The van der Waals surface area contributed by atoms with Crippen LogP contribution in [0, 0.1) is 13.8 Å². The maximum absolute atomic E-state index is 11.4. The van der Waals surface area contributed by atoms with Crippen molar-refractivity contribution in [2.45, 2.75) is 13.8 Å². The SMILES string of the molecule is COC(=O)c1c(C)c(C)c(C(=O)O)n1C. The molecule has 0 spiro atoms. The lowest BCUT2D eigenvalue weighted by atomic mass is 10.1. The van der Waals surface area contributed by atoms with E-state index < -0.39 is 11.9 Å². The summed E-state index contributed by atoms with van der Waals surface area (Å²) in [7, 11) is 2.81. The van der Waals surface area contributed by atoms with E-state index in [1.54, 1.807) is 13.8 Å². The minimum absolute atomic E-state index is 0.118. The number of aromatic carboxylic acids is 1. The Labute approximate surface area is 87.3 Å². The first-order valence-corrected chi connectivity index (χ1v) is 4.39. The highest BCUT2D eigenvalue weighted by atomic mass is 16.5. The van der Waals surface area contributed by atoms with Crippen LogP contribution in [0.2, 0.25) is 0 Å². The van der Waals surface area contributed by atoms with Gasteiger partial charge in [-0.2, -0.15) is 0 Å². The molecule has 0 radical (unpaired) electrons. The number of carboxylic acids is 1. The number of aromatic nitrogens is 1. The lowest BCUT2D eigenvalue weighted by molar-refractivity contribution is 0.0588. The molecule has 0 aliphatic carbocycles. The second kappa shape index (κ2) is 3.76. The molecular weight excluding hydrogens is 198 g/mol. The average Bonchev–Trinajstić information content (AvgIpc) is 2.37. The molecule has 0 fully saturated rings. The van der Waals surface area contributed by atoms with Gasteiger partial charge in [-0.25, -0.2) is 9.59 Å². The highest BCUT2D eigenvalue weighted by Gasteiger charge is 2.24.